The van der Waals surface area contributed by atoms with Gasteiger partial charge in [-0.25, -0.2) is 13.6 Å². The van der Waals surface area contributed by atoms with Crippen LogP contribution in [0.4, 0.5) is 0 Å². The van der Waals surface area contributed by atoms with Gasteiger partial charge in [0.2, 0.25) is 10.0 Å². The van der Waals surface area contributed by atoms with Crippen molar-refractivity contribution < 1.29 is 13.2 Å². The van der Waals surface area contributed by atoms with Crippen molar-refractivity contribution in [3.63, 3.8) is 0 Å². The van der Waals surface area contributed by atoms with E-state index in [0.717, 1.165) is 24.3 Å². The molecule has 1 atom stereocenters. The van der Waals surface area contributed by atoms with Crippen LogP contribution in [0.5, 0.6) is 0 Å². The lowest BCUT2D eigenvalue weighted by Gasteiger charge is -2.27. The summed E-state index contributed by atoms with van der Waals surface area (Å²) in [6, 6.07) is 9.51. The summed E-state index contributed by atoms with van der Waals surface area (Å²) in [6.45, 7) is 1.31. The fourth-order valence-electron chi connectivity index (χ4n) is 2.66. The molecule has 0 aliphatic carbocycles. The Morgan fingerprint density at radius 3 is 2.91 bits per heavy atom. The van der Waals surface area contributed by atoms with Crippen LogP contribution in [0.25, 0.3) is 0 Å². The summed E-state index contributed by atoms with van der Waals surface area (Å²) in [4.78, 5) is 12.2. The van der Waals surface area contributed by atoms with E-state index < -0.39 is 10.0 Å². The molecule has 0 saturated heterocycles. The summed E-state index contributed by atoms with van der Waals surface area (Å²) in [7, 11) is -3.76. The van der Waals surface area contributed by atoms with E-state index in [1.165, 1.54) is 22.6 Å². The topological polar surface area (TPSA) is 101 Å². The fourth-order valence-corrected chi connectivity index (χ4v) is 4.24. The molecular formula is C15H17N3O3S2. The van der Waals surface area contributed by atoms with Gasteiger partial charge < -0.3 is 10.6 Å². The zero-order valence-electron chi connectivity index (χ0n) is 12.3. The van der Waals surface area contributed by atoms with Gasteiger partial charge in [-0.05, 0) is 30.2 Å². The fraction of sp³-hybridized carbons (Fsp3) is 0.267. The molecule has 2 aromatic rings. The molecule has 0 fully saturated rings. The van der Waals surface area contributed by atoms with Crippen LogP contribution in [0.3, 0.4) is 0 Å². The molecule has 1 aliphatic heterocycles. The molecule has 0 radical (unpaired) electrons. The predicted octanol–water partition coefficient (Wildman–Crippen LogP) is 1.01. The number of carbonyl (C=O) groups excluding carboxylic acids is 1. The number of nitrogens with two attached hydrogens (primary N) is 1. The molecule has 3 rings (SSSR count). The van der Waals surface area contributed by atoms with Crippen LogP contribution in [-0.4, -0.2) is 27.4 Å². The Kier molecular flexibility index (Phi) is 4.49. The van der Waals surface area contributed by atoms with Gasteiger partial charge in [0, 0.05) is 18.0 Å². The number of carbonyl (C=O) groups is 1. The number of nitrogens with one attached hydrogen (secondary N) is 2. The molecule has 23 heavy (non-hydrogen) atoms. The second-order valence-electron chi connectivity index (χ2n) is 5.36. The molecule has 1 aromatic heterocycles. The van der Waals surface area contributed by atoms with Crippen molar-refractivity contribution >= 4 is 27.3 Å². The number of sulfonamides is 1. The maximum absolute atomic E-state index is 12.2. The highest BCUT2D eigenvalue weighted by molar-refractivity contribution is 7.91. The third kappa shape index (κ3) is 3.61. The zero-order valence-corrected chi connectivity index (χ0v) is 13.9. The van der Waals surface area contributed by atoms with Crippen LogP contribution in [0.15, 0.2) is 39.9 Å². The second-order valence-corrected chi connectivity index (χ2v) is 8.06. The summed E-state index contributed by atoms with van der Waals surface area (Å²) in [5.41, 5.74) is 2.79. The van der Waals surface area contributed by atoms with Crippen molar-refractivity contribution in [2.75, 3.05) is 13.1 Å². The van der Waals surface area contributed by atoms with Crippen molar-refractivity contribution in [1.29, 1.82) is 0 Å². The largest absolute Gasteiger partial charge is 0.350 e. The number of hydrogen-bond acceptors (Lipinski definition) is 5. The van der Waals surface area contributed by atoms with Gasteiger partial charge in [-0.3, -0.25) is 4.79 Å². The van der Waals surface area contributed by atoms with Gasteiger partial charge in [-0.1, -0.05) is 24.3 Å². The average molecular weight is 351 g/mol. The van der Waals surface area contributed by atoms with Gasteiger partial charge in [0.15, 0.2) is 0 Å². The normalized spacial score (nSPS) is 17.5. The van der Waals surface area contributed by atoms with Crippen molar-refractivity contribution in [2.45, 2.75) is 16.7 Å². The molecule has 6 nitrogen and oxygen atoms in total. The number of primary sulfonamides is 1. The highest BCUT2D eigenvalue weighted by atomic mass is 32.2. The first-order valence-corrected chi connectivity index (χ1v) is 9.58. The van der Waals surface area contributed by atoms with E-state index in [1.54, 1.807) is 0 Å². The Morgan fingerprint density at radius 1 is 1.39 bits per heavy atom. The summed E-state index contributed by atoms with van der Waals surface area (Å²) in [6.07, 6.45) is 0.975. The lowest BCUT2D eigenvalue weighted by molar-refractivity contribution is 0.0949. The predicted molar refractivity (Wildman–Crippen MR) is 88.9 cm³/mol. The number of benzene rings is 1. The first-order valence-electron chi connectivity index (χ1n) is 7.16. The van der Waals surface area contributed by atoms with Gasteiger partial charge in [-0.15, -0.1) is 11.3 Å². The number of fused-ring (bicyclic) bond motifs is 1. The third-order valence-electron chi connectivity index (χ3n) is 3.80. The molecule has 0 spiro atoms. The van der Waals surface area contributed by atoms with Gasteiger partial charge in [-0.2, -0.15) is 0 Å². The molecular weight excluding hydrogens is 334 g/mol. The van der Waals surface area contributed by atoms with Crippen molar-refractivity contribution in [1.82, 2.24) is 10.6 Å². The van der Waals surface area contributed by atoms with Crippen molar-refractivity contribution in [3.8, 4) is 0 Å². The smallest absolute Gasteiger partial charge is 0.252 e. The van der Waals surface area contributed by atoms with Crippen molar-refractivity contribution in [3.05, 3.63) is 52.4 Å². The van der Waals surface area contributed by atoms with E-state index in [-0.39, 0.29) is 16.2 Å². The quantitative estimate of drug-likeness (QED) is 0.765. The lowest BCUT2D eigenvalue weighted by Crippen LogP contribution is -2.38. The van der Waals surface area contributed by atoms with E-state index in [4.69, 9.17) is 5.14 Å². The Labute approximate surface area is 138 Å². The van der Waals surface area contributed by atoms with E-state index in [0.29, 0.717) is 12.1 Å². The molecule has 0 saturated carbocycles. The average Bonchev–Trinajstić information content (AvgIpc) is 3.03. The summed E-state index contributed by atoms with van der Waals surface area (Å²) >= 11 is 0.945. The minimum absolute atomic E-state index is 0.0104. The molecule has 1 aromatic carbocycles. The van der Waals surface area contributed by atoms with Crippen LogP contribution >= 0.6 is 11.3 Å². The van der Waals surface area contributed by atoms with Gasteiger partial charge in [0.05, 0.1) is 5.56 Å². The molecule has 2 heterocycles. The summed E-state index contributed by atoms with van der Waals surface area (Å²) in [5, 5.41) is 12.8. The summed E-state index contributed by atoms with van der Waals surface area (Å²) in [5.74, 6) is -0.305. The number of amides is 1. The van der Waals surface area contributed by atoms with Crippen LogP contribution in [0, 0.1) is 0 Å². The SMILES string of the molecule is NS(=O)(=O)c1cc(C(=O)NCC2NCCc3ccccc32)cs1. The Bertz CT molecular complexity index is 830. The number of rotatable bonds is 4. The monoisotopic (exact) mass is 351 g/mol. The molecule has 1 unspecified atom stereocenters. The maximum atomic E-state index is 12.2. The summed E-state index contributed by atoms with van der Waals surface area (Å²) < 4.78 is 22.5. The maximum Gasteiger partial charge on any atom is 0.252 e. The standard InChI is InChI=1S/C15H17N3O3S2/c16-23(20,21)14-7-11(9-22-14)15(19)18-8-13-12-4-2-1-3-10(12)5-6-17-13/h1-4,7,9,13,17H,5-6,8H2,(H,18,19)(H2,16,20,21). The first kappa shape index (κ1) is 16.1. The Balaban J connectivity index is 1.67. The Morgan fingerprint density at radius 2 is 2.17 bits per heavy atom. The van der Waals surface area contributed by atoms with Crippen LogP contribution in [-0.2, 0) is 16.4 Å². The van der Waals surface area contributed by atoms with Gasteiger partial charge in [0.1, 0.15) is 4.21 Å². The minimum atomic E-state index is -3.76. The minimum Gasteiger partial charge on any atom is -0.350 e. The first-order chi connectivity index (χ1) is 10.9. The van der Waals surface area contributed by atoms with Crippen LogP contribution in [0.2, 0.25) is 0 Å². The lowest BCUT2D eigenvalue weighted by atomic mass is 9.94. The van der Waals surface area contributed by atoms with Gasteiger partial charge in [0.25, 0.3) is 5.91 Å². The van der Waals surface area contributed by atoms with E-state index in [9.17, 15) is 13.2 Å². The molecule has 0 bridgehead atoms. The highest BCUT2D eigenvalue weighted by Gasteiger charge is 2.20. The molecule has 8 heteroatoms. The van der Waals surface area contributed by atoms with Crippen molar-refractivity contribution in [2.24, 2.45) is 5.14 Å². The molecule has 122 valence electrons. The number of thiophene rings is 1. The van der Waals surface area contributed by atoms with E-state index >= 15 is 0 Å². The zero-order chi connectivity index (χ0) is 16.4. The van der Waals surface area contributed by atoms with E-state index in [1.807, 2.05) is 12.1 Å². The third-order valence-corrected chi connectivity index (χ3v) is 6.19. The number of hydrogen-bond donors (Lipinski definition) is 3. The molecule has 1 amide bonds. The molecule has 4 N–H and O–H groups in total. The highest BCUT2D eigenvalue weighted by Crippen LogP contribution is 2.22. The Hall–Kier alpha value is -1.74. The van der Waals surface area contributed by atoms with Gasteiger partial charge >= 0.3 is 0 Å². The second kappa shape index (κ2) is 6.40. The van der Waals surface area contributed by atoms with Crippen LogP contribution in [0.1, 0.15) is 27.5 Å². The van der Waals surface area contributed by atoms with Crippen LogP contribution < -0.4 is 15.8 Å². The van der Waals surface area contributed by atoms with E-state index in [2.05, 4.69) is 22.8 Å². The molecule has 1 aliphatic rings.